The summed E-state index contributed by atoms with van der Waals surface area (Å²) in [5.74, 6) is -0.515. The highest BCUT2D eigenvalue weighted by Crippen LogP contribution is 2.26. The van der Waals surface area contributed by atoms with E-state index in [1.807, 2.05) is 36.4 Å². The molecule has 0 saturated carbocycles. The average molecular weight is 486 g/mol. The van der Waals surface area contributed by atoms with Crippen molar-refractivity contribution in [2.45, 2.75) is 17.7 Å². The first-order valence-corrected chi connectivity index (χ1v) is 13.1. The number of imide groups is 1. The maximum absolute atomic E-state index is 12.6. The van der Waals surface area contributed by atoms with Crippen LogP contribution in [0.5, 0.6) is 0 Å². The number of amides is 2. The van der Waals surface area contributed by atoms with E-state index in [1.165, 1.54) is 11.2 Å². The van der Waals surface area contributed by atoms with E-state index in [-0.39, 0.29) is 16.7 Å². The maximum Gasteiger partial charge on any atom is 0.261 e. The summed E-state index contributed by atoms with van der Waals surface area (Å²) in [5, 5.41) is 4.77. The van der Waals surface area contributed by atoms with Crippen LogP contribution in [-0.4, -0.2) is 47.7 Å². The fourth-order valence-electron chi connectivity index (χ4n) is 4.26. The summed E-state index contributed by atoms with van der Waals surface area (Å²) in [7, 11) is -3.30. The molecule has 8 heteroatoms. The van der Waals surface area contributed by atoms with Crippen LogP contribution in [0.25, 0.3) is 16.9 Å². The van der Waals surface area contributed by atoms with Gasteiger partial charge in [-0.3, -0.25) is 14.5 Å². The second-order valence-corrected chi connectivity index (χ2v) is 10.5. The SMILES string of the molecule is CS(=O)(=O)c1ccc(-n2nc(CCCN3C(=O)c4ccccc4C3=O)cc2-c2ccccc2)cc1. The van der Waals surface area contributed by atoms with Gasteiger partial charge >= 0.3 is 0 Å². The van der Waals surface area contributed by atoms with Crippen LogP contribution >= 0.6 is 0 Å². The molecule has 0 bridgehead atoms. The molecule has 1 aliphatic heterocycles. The molecule has 0 saturated heterocycles. The van der Waals surface area contributed by atoms with Crippen LogP contribution in [0.1, 0.15) is 32.8 Å². The van der Waals surface area contributed by atoms with Gasteiger partial charge < -0.3 is 0 Å². The summed E-state index contributed by atoms with van der Waals surface area (Å²) in [4.78, 5) is 26.8. The van der Waals surface area contributed by atoms with Gasteiger partial charge in [0.15, 0.2) is 9.84 Å². The molecule has 0 fully saturated rings. The minimum absolute atomic E-state index is 0.246. The van der Waals surface area contributed by atoms with E-state index < -0.39 is 9.84 Å². The number of carbonyl (C=O) groups is 2. The van der Waals surface area contributed by atoms with Crippen LogP contribution < -0.4 is 0 Å². The lowest BCUT2D eigenvalue weighted by Crippen LogP contribution is -2.31. The number of aryl methyl sites for hydroxylation is 1. The molecular weight excluding hydrogens is 462 g/mol. The molecule has 0 N–H and O–H groups in total. The van der Waals surface area contributed by atoms with Gasteiger partial charge in [0, 0.05) is 18.4 Å². The molecule has 2 amide bonds. The normalized spacial score (nSPS) is 13.3. The van der Waals surface area contributed by atoms with Crippen molar-refractivity contribution in [3.63, 3.8) is 0 Å². The van der Waals surface area contributed by atoms with Crippen LogP contribution in [0.4, 0.5) is 0 Å². The zero-order chi connectivity index (χ0) is 24.6. The van der Waals surface area contributed by atoms with E-state index in [0.29, 0.717) is 30.5 Å². The summed E-state index contributed by atoms with van der Waals surface area (Å²) in [5.41, 5.74) is 4.29. The van der Waals surface area contributed by atoms with E-state index >= 15 is 0 Å². The minimum atomic E-state index is -3.30. The molecule has 0 aliphatic carbocycles. The van der Waals surface area contributed by atoms with Gasteiger partial charge in [-0.25, -0.2) is 13.1 Å². The van der Waals surface area contributed by atoms with Gasteiger partial charge in [0.2, 0.25) is 0 Å². The van der Waals surface area contributed by atoms with Crippen LogP contribution in [0, 0.1) is 0 Å². The van der Waals surface area contributed by atoms with Crippen molar-refractivity contribution in [2.24, 2.45) is 0 Å². The van der Waals surface area contributed by atoms with E-state index in [9.17, 15) is 18.0 Å². The van der Waals surface area contributed by atoms with Crippen molar-refractivity contribution in [3.05, 3.63) is 102 Å². The summed E-state index contributed by atoms with van der Waals surface area (Å²) in [6, 6.07) is 25.3. The Balaban J connectivity index is 1.38. The van der Waals surface area contributed by atoms with E-state index in [4.69, 9.17) is 5.10 Å². The van der Waals surface area contributed by atoms with Crippen LogP contribution in [0.2, 0.25) is 0 Å². The number of aromatic nitrogens is 2. The molecule has 0 spiro atoms. The third-order valence-electron chi connectivity index (χ3n) is 6.03. The Labute approximate surface area is 203 Å². The molecule has 35 heavy (non-hydrogen) atoms. The molecule has 1 aliphatic rings. The summed E-state index contributed by atoms with van der Waals surface area (Å²) in [6.45, 7) is 0.308. The quantitative estimate of drug-likeness (QED) is 0.367. The lowest BCUT2D eigenvalue weighted by Gasteiger charge is -2.12. The fraction of sp³-hybridized carbons (Fsp3) is 0.148. The monoisotopic (exact) mass is 485 g/mol. The first-order chi connectivity index (χ1) is 16.8. The second kappa shape index (κ2) is 8.96. The summed E-state index contributed by atoms with van der Waals surface area (Å²) in [6.07, 6.45) is 2.32. The minimum Gasteiger partial charge on any atom is -0.274 e. The number of benzene rings is 3. The Kier molecular flexibility index (Phi) is 5.82. The molecule has 1 aromatic heterocycles. The van der Waals surface area contributed by atoms with E-state index in [1.54, 1.807) is 53.2 Å². The Bertz CT molecular complexity index is 1490. The van der Waals surface area contributed by atoms with Gasteiger partial charge in [0.05, 0.1) is 33.1 Å². The number of hydrogen-bond donors (Lipinski definition) is 0. The molecule has 4 aromatic rings. The Morgan fingerprint density at radius 3 is 2.00 bits per heavy atom. The number of hydrogen-bond acceptors (Lipinski definition) is 5. The highest BCUT2D eigenvalue weighted by molar-refractivity contribution is 7.90. The zero-order valence-corrected chi connectivity index (χ0v) is 19.9. The van der Waals surface area contributed by atoms with Crippen molar-refractivity contribution < 1.29 is 18.0 Å². The van der Waals surface area contributed by atoms with Gasteiger partial charge in [-0.1, -0.05) is 42.5 Å². The first-order valence-electron chi connectivity index (χ1n) is 11.2. The number of sulfone groups is 1. The van der Waals surface area contributed by atoms with Crippen LogP contribution in [0.3, 0.4) is 0 Å². The highest BCUT2D eigenvalue weighted by atomic mass is 32.2. The Morgan fingerprint density at radius 1 is 0.800 bits per heavy atom. The fourth-order valence-corrected chi connectivity index (χ4v) is 4.89. The number of carbonyl (C=O) groups excluding carboxylic acids is 2. The molecule has 7 nitrogen and oxygen atoms in total. The second-order valence-electron chi connectivity index (χ2n) is 8.48. The molecule has 176 valence electrons. The Hall–Kier alpha value is -4.04. The molecule has 0 atom stereocenters. The van der Waals surface area contributed by atoms with Crippen molar-refractivity contribution >= 4 is 21.7 Å². The largest absolute Gasteiger partial charge is 0.274 e. The molecule has 0 radical (unpaired) electrons. The van der Waals surface area contributed by atoms with Crippen LogP contribution in [-0.2, 0) is 16.3 Å². The average Bonchev–Trinajstić information content (AvgIpc) is 3.39. The third kappa shape index (κ3) is 4.40. The van der Waals surface area contributed by atoms with Crippen molar-refractivity contribution in [1.29, 1.82) is 0 Å². The van der Waals surface area contributed by atoms with Gasteiger partial charge in [-0.15, -0.1) is 0 Å². The van der Waals surface area contributed by atoms with Crippen molar-refractivity contribution in [1.82, 2.24) is 14.7 Å². The maximum atomic E-state index is 12.6. The summed E-state index contributed by atoms with van der Waals surface area (Å²) >= 11 is 0. The number of fused-ring (bicyclic) bond motifs is 1. The zero-order valence-electron chi connectivity index (χ0n) is 19.1. The van der Waals surface area contributed by atoms with Gasteiger partial charge in [0.1, 0.15) is 0 Å². The topological polar surface area (TPSA) is 89.3 Å². The molecule has 3 aromatic carbocycles. The lowest BCUT2D eigenvalue weighted by molar-refractivity contribution is 0.0652. The van der Waals surface area contributed by atoms with Crippen LogP contribution in [0.15, 0.2) is 89.8 Å². The number of rotatable bonds is 7. The van der Waals surface area contributed by atoms with Gasteiger partial charge in [0.25, 0.3) is 11.8 Å². The standard InChI is InChI=1S/C27H23N3O4S/c1-35(33,34)22-15-13-21(14-16-22)30-25(19-8-3-2-4-9-19)18-20(28-30)10-7-17-29-26(31)23-11-5-6-12-24(23)27(29)32/h2-6,8-9,11-16,18H,7,10,17H2,1H3. The smallest absolute Gasteiger partial charge is 0.261 e. The predicted octanol–water partition coefficient (Wildman–Crippen LogP) is 4.17. The lowest BCUT2D eigenvalue weighted by atomic mass is 10.1. The van der Waals surface area contributed by atoms with Gasteiger partial charge in [-0.2, -0.15) is 5.10 Å². The van der Waals surface area contributed by atoms with Crippen molar-refractivity contribution in [3.8, 4) is 16.9 Å². The van der Waals surface area contributed by atoms with E-state index in [0.717, 1.165) is 22.6 Å². The first kappa shape index (κ1) is 22.7. The Morgan fingerprint density at radius 2 is 1.40 bits per heavy atom. The number of nitrogens with zero attached hydrogens (tertiary/aromatic N) is 3. The predicted molar refractivity (Wildman–Crippen MR) is 132 cm³/mol. The summed E-state index contributed by atoms with van der Waals surface area (Å²) < 4.78 is 25.5. The highest BCUT2D eigenvalue weighted by Gasteiger charge is 2.34. The van der Waals surface area contributed by atoms with Crippen molar-refractivity contribution in [2.75, 3.05) is 12.8 Å². The third-order valence-corrected chi connectivity index (χ3v) is 7.16. The van der Waals surface area contributed by atoms with E-state index in [2.05, 4.69) is 0 Å². The molecule has 0 unspecified atom stereocenters. The molecule has 5 rings (SSSR count). The molecule has 2 heterocycles. The molecular formula is C27H23N3O4S. The van der Waals surface area contributed by atoms with Gasteiger partial charge in [-0.05, 0) is 55.3 Å².